The number of methoxy groups -OCH3 is 1. The molecule has 2 aromatic rings. The Morgan fingerprint density at radius 2 is 1.85 bits per heavy atom. The first-order valence-corrected chi connectivity index (χ1v) is 9.57. The number of hydrogen-bond acceptors (Lipinski definition) is 5. The number of hydrogen-bond donors (Lipinski definition) is 1. The van der Waals surface area contributed by atoms with Gasteiger partial charge in [0.05, 0.1) is 19.8 Å². The fourth-order valence-electron chi connectivity index (χ4n) is 3.46. The molecule has 146 valence electrons. The molecule has 0 spiro atoms. The maximum atomic E-state index is 6.04. The lowest BCUT2D eigenvalue weighted by Crippen LogP contribution is -2.31. The zero-order chi connectivity index (χ0) is 19.2. The lowest BCUT2D eigenvalue weighted by atomic mass is 9.89. The van der Waals surface area contributed by atoms with Gasteiger partial charge in [-0.2, -0.15) is 0 Å². The summed E-state index contributed by atoms with van der Waals surface area (Å²) in [5.74, 6) is 2.52. The van der Waals surface area contributed by atoms with E-state index in [1.54, 1.807) is 7.11 Å². The fourth-order valence-corrected chi connectivity index (χ4v) is 3.46. The summed E-state index contributed by atoms with van der Waals surface area (Å²) >= 11 is 0. The molecule has 0 saturated carbocycles. The Hall–Kier alpha value is -2.24. The summed E-state index contributed by atoms with van der Waals surface area (Å²) < 4.78 is 17.5. The normalized spacial score (nSPS) is 16.1. The molecule has 1 unspecified atom stereocenters. The van der Waals surface area contributed by atoms with Gasteiger partial charge in [0, 0.05) is 18.7 Å². The lowest BCUT2D eigenvalue weighted by Gasteiger charge is -2.29. The number of para-hydroxylation sites is 1. The van der Waals surface area contributed by atoms with Crippen molar-refractivity contribution in [3.05, 3.63) is 53.1 Å². The van der Waals surface area contributed by atoms with Crippen molar-refractivity contribution in [1.82, 2.24) is 10.2 Å². The summed E-state index contributed by atoms with van der Waals surface area (Å²) in [5.41, 5.74) is 3.68. The number of nitrogens with zero attached hydrogens (tertiary/aromatic N) is 1. The van der Waals surface area contributed by atoms with Crippen LogP contribution in [0.5, 0.6) is 17.2 Å². The van der Waals surface area contributed by atoms with Crippen LogP contribution in [0.3, 0.4) is 0 Å². The van der Waals surface area contributed by atoms with Crippen molar-refractivity contribution in [3.8, 4) is 17.2 Å². The molecule has 0 radical (unpaired) electrons. The number of rotatable bonds is 8. The molecular formula is C22H30N2O3. The molecule has 1 atom stereocenters. The average Bonchev–Trinajstić information content (AvgIpc) is 2.67. The smallest absolute Gasteiger partial charge is 0.161 e. The lowest BCUT2D eigenvalue weighted by molar-refractivity contribution is 0.250. The summed E-state index contributed by atoms with van der Waals surface area (Å²) in [6.07, 6.45) is 0.969. The van der Waals surface area contributed by atoms with Gasteiger partial charge in [-0.3, -0.25) is 0 Å². The van der Waals surface area contributed by atoms with Crippen molar-refractivity contribution in [2.75, 3.05) is 47.5 Å². The van der Waals surface area contributed by atoms with Crippen molar-refractivity contribution in [3.63, 3.8) is 0 Å². The molecule has 3 rings (SSSR count). The van der Waals surface area contributed by atoms with Gasteiger partial charge in [-0.1, -0.05) is 18.2 Å². The number of fused-ring (bicyclic) bond motifs is 1. The second-order valence-corrected chi connectivity index (χ2v) is 6.96. The van der Waals surface area contributed by atoms with Crippen LogP contribution in [0.25, 0.3) is 0 Å². The van der Waals surface area contributed by atoms with Crippen molar-refractivity contribution in [2.45, 2.75) is 19.4 Å². The molecule has 1 heterocycles. The van der Waals surface area contributed by atoms with E-state index in [1.165, 1.54) is 11.1 Å². The third-order valence-corrected chi connectivity index (χ3v) is 4.81. The number of ether oxygens (including phenoxy) is 3. The SMILES string of the molecule is CCOc1ccccc1C1NCCc2cc(OC)c(OCCN(C)C)cc21. The van der Waals surface area contributed by atoms with Crippen LogP contribution >= 0.6 is 0 Å². The van der Waals surface area contributed by atoms with Crippen LogP contribution in [0, 0.1) is 0 Å². The van der Waals surface area contributed by atoms with Crippen LogP contribution in [0.15, 0.2) is 36.4 Å². The van der Waals surface area contributed by atoms with Gasteiger partial charge in [0.25, 0.3) is 0 Å². The fraction of sp³-hybridized carbons (Fsp3) is 0.455. The van der Waals surface area contributed by atoms with E-state index in [0.29, 0.717) is 13.2 Å². The van der Waals surface area contributed by atoms with Gasteiger partial charge < -0.3 is 24.4 Å². The van der Waals surface area contributed by atoms with E-state index >= 15 is 0 Å². The third kappa shape index (κ3) is 4.54. The van der Waals surface area contributed by atoms with E-state index in [2.05, 4.69) is 34.5 Å². The Balaban J connectivity index is 1.96. The number of benzene rings is 2. The Labute approximate surface area is 162 Å². The Morgan fingerprint density at radius 3 is 2.59 bits per heavy atom. The highest BCUT2D eigenvalue weighted by atomic mass is 16.5. The second kappa shape index (κ2) is 9.11. The molecule has 5 nitrogen and oxygen atoms in total. The Bertz CT molecular complexity index is 761. The summed E-state index contributed by atoms with van der Waals surface area (Å²) in [7, 11) is 5.78. The van der Waals surface area contributed by atoms with E-state index in [-0.39, 0.29) is 6.04 Å². The van der Waals surface area contributed by atoms with Crippen molar-refractivity contribution >= 4 is 0 Å². The summed E-state index contributed by atoms with van der Waals surface area (Å²) in [6, 6.07) is 12.6. The van der Waals surface area contributed by atoms with E-state index in [9.17, 15) is 0 Å². The second-order valence-electron chi connectivity index (χ2n) is 6.96. The summed E-state index contributed by atoms with van der Waals surface area (Å²) in [6.45, 7) is 5.06. The zero-order valence-electron chi connectivity index (χ0n) is 16.7. The standard InChI is InChI=1S/C22H30N2O3/c1-5-26-19-9-7-6-8-17(19)22-18-15-21(27-13-12-24(2)3)20(25-4)14-16(18)10-11-23-22/h6-9,14-15,22-23H,5,10-13H2,1-4H3. The van der Waals surface area contributed by atoms with Crippen LogP contribution in [0.2, 0.25) is 0 Å². The molecule has 0 aromatic heterocycles. The molecule has 1 aliphatic heterocycles. The third-order valence-electron chi connectivity index (χ3n) is 4.81. The Kier molecular flexibility index (Phi) is 6.58. The van der Waals surface area contributed by atoms with Crippen molar-refractivity contribution < 1.29 is 14.2 Å². The molecule has 5 heteroatoms. The maximum Gasteiger partial charge on any atom is 0.161 e. The molecule has 0 saturated heterocycles. The Morgan fingerprint density at radius 1 is 1.04 bits per heavy atom. The van der Waals surface area contributed by atoms with Crippen LogP contribution < -0.4 is 19.5 Å². The molecule has 0 aliphatic carbocycles. The minimum Gasteiger partial charge on any atom is -0.494 e. The van der Waals surface area contributed by atoms with Gasteiger partial charge >= 0.3 is 0 Å². The molecule has 2 aromatic carbocycles. The predicted octanol–water partition coefficient (Wildman–Crippen LogP) is 3.27. The van der Waals surface area contributed by atoms with Gasteiger partial charge in [-0.25, -0.2) is 0 Å². The first kappa shape index (κ1) is 19.5. The van der Waals surface area contributed by atoms with Gasteiger partial charge in [-0.05, 0) is 56.8 Å². The average molecular weight is 370 g/mol. The van der Waals surface area contributed by atoms with Crippen molar-refractivity contribution in [1.29, 1.82) is 0 Å². The molecule has 1 aliphatic rings. The van der Waals surface area contributed by atoms with E-state index in [0.717, 1.165) is 42.3 Å². The number of nitrogens with one attached hydrogen (secondary N) is 1. The molecule has 0 fully saturated rings. The molecule has 0 amide bonds. The topological polar surface area (TPSA) is 43.0 Å². The first-order chi connectivity index (χ1) is 13.1. The molecule has 27 heavy (non-hydrogen) atoms. The van der Waals surface area contributed by atoms with Crippen molar-refractivity contribution in [2.24, 2.45) is 0 Å². The van der Waals surface area contributed by atoms with Crippen LogP contribution in [-0.4, -0.2) is 52.4 Å². The predicted molar refractivity (Wildman–Crippen MR) is 108 cm³/mol. The monoisotopic (exact) mass is 370 g/mol. The van der Waals surface area contributed by atoms with Gasteiger partial charge in [-0.15, -0.1) is 0 Å². The molecular weight excluding hydrogens is 340 g/mol. The molecule has 1 N–H and O–H groups in total. The highest BCUT2D eigenvalue weighted by molar-refractivity contribution is 5.53. The van der Waals surface area contributed by atoms with E-state index in [4.69, 9.17) is 14.2 Å². The van der Waals surface area contributed by atoms with Gasteiger partial charge in [0.15, 0.2) is 11.5 Å². The van der Waals surface area contributed by atoms with Crippen LogP contribution in [0.4, 0.5) is 0 Å². The zero-order valence-corrected chi connectivity index (χ0v) is 16.7. The quantitative estimate of drug-likeness (QED) is 0.773. The first-order valence-electron chi connectivity index (χ1n) is 9.57. The van der Waals surface area contributed by atoms with Crippen LogP contribution in [-0.2, 0) is 6.42 Å². The van der Waals surface area contributed by atoms with E-state index < -0.39 is 0 Å². The summed E-state index contributed by atoms with van der Waals surface area (Å²) in [4.78, 5) is 2.10. The van der Waals surface area contributed by atoms with Gasteiger partial charge in [0.2, 0.25) is 0 Å². The molecule has 0 bridgehead atoms. The van der Waals surface area contributed by atoms with Crippen LogP contribution in [0.1, 0.15) is 29.7 Å². The highest BCUT2D eigenvalue weighted by Crippen LogP contribution is 2.39. The summed E-state index contributed by atoms with van der Waals surface area (Å²) in [5, 5.41) is 3.64. The number of likely N-dealkylation sites (N-methyl/N-ethyl adjacent to an activating group) is 1. The minimum atomic E-state index is 0.0820. The largest absolute Gasteiger partial charge is 0.494 e. The maximum absolute atomic E-state index is 6.04. The van der Waals surface area contributed by atoms with Gasteiger partial charge in [0.1, 0.15) is 12.4 Å². The highest BCUT2D eigenvalue weighted by Gasteiger charge is 2.26. The minimum absolute atomic E-state index is 0.0820. The van der Waals surface area contributed by atoms with E-state index in [1.807, 2.05) is 33.2 Å².